The van der Waals surface area contributed by atoms with E-state index >= 15 is 0 Å². The van der Waals surface area contributed by atoms with Gasteiger partial charge in [-0.1, -0.05) is 53.2 Å². The Kier molecular flexibility index (Phi) is 6.80. The van der Waals surface area contributed by atoms with E-state index in [2.05, 4.69) is 41.5 Å². The normalized spacial score (nSPS) is 42.0. The maximum absolute atomic E-state index is 13.9. The highest BCUT2D eigenvalue weighted by Gasteiger charge is 2.65. The van der Waals surface area contributed by atoms with Crippen molar-refractivity contribution in [1.29, 1.82) is 0 Å². The van der Waals surface area contributed by atoms with E-state index in [1.165, 1.54) is 17.6 Å². The van der Waals surface area contributed by atoms with Crippen LogP contribution in [-0.4, -0.2) is 40.4 Å². The van der Waals surface area contributed by atoms with Gasteiger partial charge in [0.15, 0.2) is 5.78 Å². The molecule has 0 heterocycles. The molecule has 0 radical (unpaired) electrons. The van der Waals surface area contributed by atoms with E-state index in [4.69, 9.17) is 0 Å². The quantitative estimate of drug-likeness (QED) is 0.440. The Labute approximate surface area is 206 Å². The van der Waals surface area contributed by atoms with Gasteiger partial charge in [-0.3, -0.25) is 4.79 Å². The number of ketones is 1. The molecule has 4 rings (SSSR count). The summed E-state index contributed by atoms with van der Waals surface area (Å²) in [5, 5.41) is 29.5. The number of allylic oxidation sites excluding steroid dienone is 3. The van der Waals surface area contributed by atoms with Crippen molar-refractivity contribution < 1.29 is 20.1 Å². The molecule has 0 bridgehead atoms. The predicted octanol–water partition coefficient (Wildman–Crippen LogP) is 5.60. The van der Waals surface area contributed by atoms with Crippen LogP contribution in [0.1, 0.15) is 99.3 Å². The van der Waals surface area contributed by atoms with Crippen LogP contribution in [-0.2, 0) is 4.79 Å². The molecule has 0 saturated heterocycles. The third-order valence-corrected chi connectivity index (χ3v) is 11.8. The fourth-order valence-electron chi connectivity index (χ4n) is 9.24. The van der Waals surface area contributed by atoms with Crippen LogP contribution in [0, 0.1) is 39.4 Å². The molecule has 2 saturated carbocycles. The van der Waals surface area contributed by atoms with Crippen molar-refractivity contribution >= 4 is 5.78 Å². The third kappa shape index (κ3) is 3.61. The fraction of sp³-hybridized carbons (Fsp3) is 0.833. The standard InChI is InChI=1S/C30H48O4/c1-19(8-7-9-20(17-31)18-32)21-10-15-30(6)26-22(11-14-29(21,30)5)28(4)13-12-25(34)27(2,3)24(28)16-23(26)33/h9,19,21,24-25,31-32,34H,7-8,10-18H2,1-6H3/t19-,21+,24-,25-,28+,29+,30-/m0/s1. The van der Waals surface area contributed by atoms with Gasteiger partial charge in [0.05, 0.1) is 19.3 Å². The summed E-state index contributed by atoms with van der Waals surface area (Å²) in [5.41, 5.74) is 3.18. The molecule has 192 valence electrons. The van der Waals surface area contributed by atoms with Crippen LogP contribution in [0.2, 0.25) is 0 Å². The second kappa shape index (κ2) is 8.85. The minimum Gasteiger partial charge on any atom is -0.393 e. The van der Waals surface area contributed by atoms with Crippen molar-refractivity contribution in [3.8, 4) is 0 Å². The molecule has 0 aromatic carbocycles. The first kappa shape index (κ1) is 26.1. The molecule has 0 unspecified atom stereocenters. The van der Waals surface area contributed by atoms with Gasteiger partial charge < -0.3 is 15.3 Å². The summed E-state index contributed by atoms with van der Waals surface area (Å²) in [5.74, 6) is 1.70. The molecule has 0 spiro atoms. The molecule has 4 nitrogen and oxygen atoms in total. The summed E-state index contributed by atoms with van der Waals surface area (Å²) in [6.45, 7) is 13.8. The van der Waals surface area contributed by atoms with Crippen LogP contribution < -0.4 is 0 Å². The van der Waals surface area contributed by atoms with Crippen molar-refractivity contribution in [2.45, 2.75) is 105 Å². The molecule has 4 aliphatic carbocycles. The van der Waals surface area contributed by atoms with Crippen LogP contribution in [0.3, 0.4) is 0 Å². The van der Waals surface area contributed by atoms with Gasteiger partial charge in [0.25, 0.3) is 0 Å². The Morgan fingerprint density at radius 3 is 2.38 bits per heavy atom. The smallest absolute Gasteiger partial charge is 0.159 e. The molecule has 0 aromatic rings. The van der Waals surface area contributed by atoms with E-state index in [0.29, 0.717) is 29.6 Å². The van der Waals surface area contributed by atoms with Gasteiger partial charge in [0, 0.05) is 17.4 Å². The van der Waals surface area contributed by atoms with Crippen molar-refractivity contribution in [2.75, 3.05) is 13.2 Å². The van der Waals surface area contributed by atoms with Gasteiger partial charge in [0.2, 0.25) is 0 Å². The maximum Gasteiger partial charge on any atom is 0.159 e. The van der Waals surface area contributed by atoms with E-state index < -0.39 is 0 Å². The molecular weight excluding hydrogens is 424 g/mol. The van der Waals surface area contributed by atoms with E-state index in [0.717, 1.165) is 44.9 Å². The fourth-order valence-corrected chi connectivity index (χ4v) is 9.24. The Balaban J connectivity index is 1.65. The van der Waals surface area contributed by atoms with Crippen molar-refractivity contribution in [2.24, 2.45) is 39.4 Å². The van der Waals surface area contributed by atoms with Crippen molar-refractivity contribution in [1.82, 2.24) is 0 Å². The van der Waals surface area contributed by atoms with Crippen LogP contribution >= 0.6 is 0 Å². The molecular formula is C30H48O4. The van der Waals surface area contributed by atoms with E-state index in [-0.39, 0.29) is 46.9 Å². The summed E-state index contributed by atoms with van der Waals surface area (Å²) >= 11 is 0. The first-order chi connectivity index (χ1) is 15.9. The lowest BCUT2D eigenvalue weighted by atomic mass is 9.43. The molecule has 3 N–H and O–H groups in total. The summed E-state index contributed by atoms with van der Waals surface area (Å²) in [4.78, 5) is 13.9. The van der Waals surface area contributed by atoms with E-state index in [1.54, 1.807) is 0 Å². The van der Waals surface area contributed by atoms with Crippen LogP contribution in [0.15, 0.2) is 22.8 Å². The highest BCUT2D eigenvalue weighted by atomic mass is 16.3. The largest absolute Gasteiger partial charge is 0.393 e. The Morgan fingerprint density at radius 2 is 1.74 bits per heavy atom. The Morgan fingerprint density at radius 1 is 1.06 bits per heavy atom. The summed E-state index contributed by atoms with van der Waals surface area (Å²) < 4.78 is 0. The number of Topliss-reactive ketones (excluding diaryl/α,β-unsaturated/α-hetero) is 1. The molecule has 0 aliphatic heterocycles. The monoisotopic (exact) mass is 472 g/mol. The highest BCUT2D eigenvalue weighted by Crippen LogP contribution is 2.71. The second-order valence-corrected chi connectivity index (χ2v) is 13.5. The molecule has 0 aromatic heterocycles. The number of rotatable bonds is 6. The first-order valence-corrected chi connectivity index (χ1v) is 13.7. The van der Waals surface area contributed by atoms with Gasteiger partial charge >= 0.3 is 0 Å². The van der Waals surface area contributed by atoms with Crippen LogP contribution in [0.25, 0.3) is 0 Å². The van der Waals surface area contributed by atoms with E-state index in [9.17, 15) is 20.1 Å². The number of fused-ring (bicyclic) bond motifs is 4. The number of carbonyl (C=O) groups is 1. The van der Waals surface area contributed by atoms with Gasteiger partial charge in [0.1, 0.15) is 0 Å². The topological polar surface area (TPSA) is 77.8 Å². The predicted molar refractivity (Wildman–Crippen MR) is 136 cm³/mol. The summed E-state index contributed by atoms with van der Waals surface area (Å²) in [6, 6.07) is 0. The third-order valence-electron chi connectivity index (χ3n) is 11.8. The molecule has 34 heavy (non-hydrogen) atoms. The van der Waals surface area contributed by atoms with Gasteiger partial charge in [-0.15, -0.1) is 0 Å². The maximum atomic E-state index is 13.9. The minimum absolute atomic E-state index is 0.0236. The average molecular weight is 473 g/mol. The Bertz CT molecular complexity index is 878. The average Bonchev–Trinajstić information content (AvgIpc) is 3.07. The number of hydrogen-bond acceptors (Lipinski definition) is 4. The second-order valence-electron chi connectivity index (χ2n) is 13.5. The van der Waals surface area contributed by atoms with Gasteiger partial charge in [-0.25, -0.2) is 0 Å². The van der Waals surface area contributed by atoms with Crippen LogP contribution in [0.4, 0.5) is 0 Å². The lowest BCUT2D eigenvalue weighted by molar-refractivity contribution is -0.134. The molecule has 4 heteroatoms. The number of carbonyl (C=O) groups excluding carboxylic acids is 1. The van der Waals surface area contributed by atoms with Crippen molar-refractivity contribution in [3.05, 3.63) is 22.8 Å². The molecule has 7 atom stereocenters. The first-order valence-electron chi connectivity index (χ1n) is 13.7. The molecule has 4 aliphatic rings. The molecule has 2 fully saturated rings. The SMILES string of the molecule is C[C@@H](CCC=C(CO)CO)[C@H]1CC[C@@]2(C)C3=C(CC[C@]12C)[C@@]1(C)CC[C@H](O)C(C)(C)[C@@H]1CC3=O. The van der Waals surface area contributed by atoms with Crippen LogP contribution in [0.5, 0.6) is 0 Å². The minimum atomic E-state index is -0.326. The number of aliphatic hydroxyl groups excluding tert-OH is 3. The van der Waals surface area contributed by atoms with E-state index in [1.807, 2.05) is 6.08 Å². The highest BCUT2D eigenvalue weighted by molar-refractivity contribution is 5.99. The zero-order valence-corrected chi connectivity index (χ0v) is 22.4. The van der Waals surface area contributed by atoms with Gasteiger partial charge in [-0.2, -0.15) is 0 Å². The van der Waals surface area contributed by atoms with Crippen molar-refractivity contribution in [3.63, 3.8) is 0 Å². The lowest BCUT2D eigenvalue weighted by Gasteiger charge is -2.61. The Hall–Kier alpha value is -0.970. The molecule has 0 amide bonds. The summed E-state index contributed by atoms with van der Waals surface area (Å²) in [7, 11) is 0. The van der Waals surface area contributed by atoms with Gasteiger partial charge in [-0.05, 0) is 90.9 Å². The number of hydrogen-bond donors (Lipinski definition) is 3. The zero-order valence-electron chi connectivity index (χ0n) is 22.4. The lowest BCUT2D eigenvalue weighted by Crippen LogP contribution is -2.57. The summed E-state index contributed by atoms with van der Waals surface area (Å²) in [6.07, 6.45) is 10.4. The number of aliphatic hydroxyl groups is 3. The zero-order chi connectivity index (χ0) is 25.1.